The molecule has 0 spiro atoms. The molecule has 1 aromatic heterocycles. The van der Waals surface area contributed by atoms with Gasteiger partial charge in [0, 0.05) is 37.0 Å². The van der Waals surface area contributed by atoms with Gasteiger partial charge in [0.05, 0.1) is 0 Å². The summed E-state index contributed by atoms with van der Waals surface area (Å²) in [5.41, 5.74) is 2.41. The monoisotopic (exact) mass is 482 g/mol. The summed E-state index contributed by atoms with van der Waals surface area (Å²) < 4.78 is 13.0. The van der Waals surface area contributed by atoms with Crippen LogP contribution in [0.25, 0.3) is 0 Å². The van der Waals surface area contributed by atoms with Gasteiger partial charge in [-0.05, 0) is 35.4 Å². The molecule has 0 saturated heterocycles. The van der Waals surface area contributed by atoms with Crippen LogP contribution in [0.4, 0.5) is 10.2 Å². The first-order valence-corrected chi connectivity index (χ1v) is 11.6. The molecule has 2 aromatic carbocycles. The number of nitrogens with zero attached hydrogens (tertiary/aromatic N) is 3. The van der Waals surface area contributed by atoms with Gasteiger partial charge >= 0.3 is 0 Å². The molecule has 0 aliphatic carbocycles. The molecule has 170 valence electrons. The number of thioether (sulfide) groups is 1. The number of anilines is 1. The van der Waals surface area contributed by atoms with Crippen molar-refractivity contribution < 1.29 is 9.18 Å². The average Bonchev–Trinajstić information content (AvgIpc) is 2.82. The Kier molecular flexibility index (Phi) is 9.04. The molecular formula is C25H24ClFN4OS. The van der Waals surface area contributed by atoms with Crippen molar-refractivity contribution >= 4 is 35.1 Å². The minimum absolute atomic E-state index is 0.189. The third-order valence-corrected chi connectivity index (χ3v) is 5.75. The summed E-state index contributed by atoms with van der Waals surface area (Å²) in [6.07, 6.45) is 3.59. The number of benzene rings is 2. The lowest BCUT2D eigenvalue weighted by molar-refractivity contribution is 0.0951. The topological polar surface area (TPSA) is 58.1 Å². The van der Waals surface area contributed by atoms with Crippen molar-refractivity contribution in [3.8, 4) is 0 Å². The van der Waals surface area contributed by atoms with Crippen LogP contribution in [0.2, 0.25) is 5.15 Å². The zero-order valence-corrected chi connectivity index (χ0v) is 19.6. The Labute approximate surface area is 202 Å². The Hall–Kier alpha value is -3.16. The minimum Gasteiger partial charge on any atom is -0.349 e. The van der Waals surface area contributed by atoms with Crippen LogP contribution in [0.15, 0.2) is 85.1 Å². The third kappa shape index (κ3) is 7.44. The molecule has 0 aliphatic rings. The van der Waals surface area contributed by atoms with Crippen LogP contribution >= 0.6 is 23.4 Å². The van der Waals surface area contributed by atoms with Crippen LogP contribution in [0.5, 0.6) is 0 Å². The van der Waals surface area contributed by atoms with Gasteiger partial charge in [0.2, 0.25) is 0 Å². The van der Waals surface area contributed by atoms with E-state index in [-0.39, 0.29) is 11.7 Å². The SMILES string of the molecule is C=CCN(CC=C)c1cc(Cl)nc(SCc2ccc(C(=O)NCc3ccc(F)cc3)cc2)n1. The van der Waals surface area contributed by atoms with E-state index >= 15 is 0 Å². The normalized spacial score (nSPS) is 10.5. The maximum Gasteiger partial charge on any atom is 0.251 e. The van der Waals surface area contributed by atoms with Crippen molar-refractivity contribution in [1.29, 1.82) is 0 Å². The van der Waals surface area contributed by atoms with Gasteiger partial charge in [-0.2, -0.15) is 0 Å². The standard InChI is InChI=1S/C25H24ClFN4OS/c1-3-13-31(14-4-2)23-15-22(26)29-25(30-23)33-17-19-5-9-20(10-6-19)24(32)28-16-18-7-11-21(27)12-8-18/h3-12,15H,1-2,13-14,16-17H2,(H,28,32). The Bertz CT molecular complexity index is 1100. The lowest BCUT2D eigenvalue weighted by Gasteiger charge is -2.20. The third-order valence-electron chi connectivity index (χ3n) is 4.63. The van der Waals surface area contributed by atoms with Crippen molar-refractivity contribution in [2.75, 3.05) is 18.0 Å². The van der Waals surface area contributed by atoms with Crippen molar-refractivity contribution in [2.24, 2.45) is 0 Å². The Morgan fingerprint density at radius 2 is 1.67 bits per heavy atom. The zero-order valence-electron chi connectivity index (χ0n) is 18.0. The fourth-order valence-corrected chi connectivity index (χ4v) is 4.01. The minimum atomic E-state index is -0.302. The van der Waals surface area contributed by atoms with E-state index < -0.39 is 0 Å². The second kappa shape index (κ2) is 12.2. The maximum atomic E-state index is 13.0. The van der Waals surface area contributed by atoms with E-state index in [9.17, 15) is 9.18 Å². The largest absolute Gasteiger partial charge is 0.349 e. The summed E-state index contributed by atoms with van der Waals surface area (Å²) in [5.74, 6) is 0.848. The predicted molar refractivity (Wildman–Crippen MR) is 133 cm³/mol. The van der Waals surface area contributed by atoms with Crippen LogP contribution in [-0.2, 0) is 12.3 Å². The predicted octanol–water partition coefficient (Wildman–Crippen LogP) is 5.67. The van der Waals surface area contributed by atoms with Crippen molar-refractivity contribution in [1.82, 2.24) is 15.3 Å². The Morgan fingerprint density at radius 3 is 2.30 bits per heavy atom. The molecule has 8 heteroatoms. The molecular weight excluding hydrogens is 459 g/mol. The first-order valence-electron chi connectivity index (χ1n) is 10.2. The van der Waals surface area contributed by atoms with Crippen LogP contribution in [0, 0.1) is 5.82 Å². The summed E-state index contributed by atoms with van der Waals surface area (Å²) in [4.78, 5) is 23.3. The van der Waals surface area contributed by atoms with Crippen molar-refractivity contribution in [3.05, 3.63) is 108 Å². The molecule has 0 fully saturated rings. The van der Waals surface area contributed by atoms with Gasteiger partial charge in [0.15, 0.2) is 5.16 Å². The fraction of sp³-hybridized carbons (Fsp3) is 0.160. The molecule has 0 radical (unpaired) electrons. The molecule has 1 amide bonds. The molecule has 1 N–H and O–H groups in total. The van der Waals surface area contributed by atoms with E-state index in [1.807, 2.05) is 17.0 Å². The molecule has 0 aliphatic heterocycles. The highest BCUT2D eigenvalue weighted by Gasteiger charge is 2.11. The number of nitrogens with one attached hydrogen (secondary N) is 1. The highest BCUT2D eigenvalue weighted by atomic mass is 35.5. The molecule has 33 heavy (non-hydrogen) atoms. The van der Waals surface area contributed by atoms with Gasteiger partial charge < -0.3 is 10.2 Å². The molecule has 0 saturated carbocycles. The molecule has 3 rings (SSSR count). The van der Waals surface area contributed by atoms with E-state index in [1.54, 1.807) is 42.5 Å². The van der Waals surface area contributed by atoms with Crippen LogP contribution in [0.1, 0.15) is 21.5 Å². The van der Waals surface area contributed by atoms with Crippen LogP contribution in [0.3, 0.4) is 0 Å². The smallest absolute Gasteiger partial charge is 0.251 e. The summed E-state index contributed by atoms with van der Waals surface area (Å²) in [6.45, 7) is 9.13. The molecule has 0 unspecified atom stereocenters. The summed E-state index contributed by atoms with van der Waals surface area (Å²) >= 11 is 7.67. The second-order valence-corrected chi connectivity index (χ2v) is 8.44. The van der Waals surface area contributed by atoms with Gasteiger partial charge in [0.1, 0.15) is 16.8 Å². The number of hydrogen-bond donors (Lipinski definition) is 1. The zero-order chi connectivity index (χ0) is 23.6. The number of amides is 1. The molecule has 0 atom stereocenters. The highest BCUT2D eigenvalue weighted by Crippen LogP contribution is 2.25. The first kappa shape index (κ1) is 24.5. The van der Waals surface area contributed by atoms with E-state index in [1.165, 1.54) is 23.9 Å². The quantitative estimate of drug-likeness (QED) is 0.165. The van der Waals surface area contributed by atoms with Crippen LogP contribution < -0.4 is 10.2 Å². The second-order valence-electron chi connectivity index (χ2n) is 7.11. The molecule has 5 nitrogen and oxygen atoms in total. The van der Waals surface area contributed by atoms with Crippen molar-refractivity contribution in [3.63, 3.8) is 0 Å². The Morgan fingerprint density at radius 1 is 1.03 bits per heavy atom. The van der Waals surface area contributed by atoms with Gasteiger partial charge in [-0.15, -0.1) is 13.2 Å². The lowest BCUT2D eigenvalue weighted by Crippen LogP contribution is -2.24. The van der Waals surface area contributed by atoms with E-state index in [0.717, 1.165) is 11.1 Å². The molecule has 1 heterocycles. The number of hydrogen-bond acceptors (Lipinski definition) is 5. The number of carbonyl (C=O) groups excluding carboxylic acids is 1. The fourth-order valence-electron chi connectivity index (χ4n) is 2.97. The van der Waals surface area contributed by atoms with Crippen molar-refractivity contribution in [2.45, 2.75) is 17.5 Å². The maximum absolute atomic E-state index is 13.0. The van der Waals surface area contributed by atoms with Gasteiger partial charge in [-0.1, -0.05) is 59.8 Å². The average molecular weight is 483 g/mol. The van der Waals surface area contributed by atoms with Gasteiger partial charge in [-0.3, -0.25) is 4.79 Å². The van der Waals surface area contributed by atoms with Crippen LogP contribution in [-0.4, -0.2) is 29.0 Å². The number of halogens is 2. The van der Waals surface area contributed by atoms with Gasteiger partial charge in [-0.25, -0.2) is 14.4 Å². The summed E-state index contributed by atoms with van der Waals surface area (Å²) in [5, 5.41) is 3.77. The summed E-state index contributed by atoms with van der Waals surface area (Å²) in [7, 11) is 0. The number of aromatic nitrogens is 2. The summed E-state index contributed by atoms with van der Waals surface area (Å²) in [6, 6.07) is 15.1. The highest BCUT2D eigenvalue weighted by molar-refractivity contribution is 7.98. The molecule has 0 bridgehead atoms. The van der Waals surface area contributed by atoms with Gasteiger partial charge in [0.25, 0.3) is 5.91 Å². The Balaban J connectivity index is 1.58. The number of carbonyl (C=O) groups is 1. The van der Waals surface area contributed by atoms with E-state index in [0.29, 0.717) is 47.1 Å². The van der Waals surface area contributed by atoms with E-state index in [2.05, 4.69) is 28.4 Å². The lowest BCUT2D eigenvalue weighted by atomic mass is 10.1. The van der Waals surface area contributed by atoms with E-state index in [4.69, 9.17) is 11.6 Å². The number of rotatable bonds is 11. The first-order chi connectivity index (χ1) is 16.0. The molecule has 3 aromatic rings.